The van der Waals surface area contributed by atoms with Crippen molar-refractivity contribution in [3.63, 3.8) is 0 Å². The van der Waals surface area contributed by atoms with Crippen molar-refractivity contribution in [2.45, 2.75) is 19.8 Å². The molecule has 0 rings (SSSR count). The lowest BCUT2D eigenvalue weighted by molar-refractivity contribution is -0.142. The minimum absolute atomic E-state index is 0.0287. The van der Waals surface area contributed by atoms with Crippen LogP contribution < -0.4 is 11.1 Å². The van der Waals surface area contributed by atoms with Crippen LogP contribution in [0.5, 0.6) is 0 Å². The number of esters is 1. The summed E-state index contributed by atoms with van der Waals surface area (Å²) in [5, 5.41) is 9.12. The highest BCUT2D eigenvalue weighted by Crippen LogP contribution is 1.87. The maximum Gasteiger partial charge on any atom is 0.325 e. The predicted octanol–water partition coefficient (Wildman–Crippen LogP) is -0.187. The largest absolute Gasteiger partial charge is 0.464 e. The van der Waals surface area contributed by atoms with Gasteiger partial charge in [0.15, 0.2) is 5.96 Å². The molecule has 0 aromatic heterocycles. The first-order chi connectivity index (χ1) is 5.66. The van der Waals surface area contributed by atoms with Crippen molar-refractivity contribution in [3.8, 4) is 0 Å². The summed E-state index contributed by atoms with van der Waals surface area (Å²) in [5.74, 6) is -0.596. The van der Waals surface area contributed by atoms with Crippen molar-refractivity contribution in [1.29, 1.82) is 5.41 Å². The summed E-state index contributed by atoms with van der Waals surface area (Å²) < 4.78 is 4.78. The van der Waals surface area contributed by atoms with Gasteiger partial charge in [0.05, 0.1) is 6.61 Å². The average molecular weight is 173 g/mol. The zero-order valence-electron chi connectivity index (χ0n) is 7.22. The van der Waals surface area contributed by atoms with Crippen LogP contribution in [0.1, 0.15) is 19.8 Å². The second kappa shape index (κ2) is 6.45. The van der Waals surface area contributed by atoms with Gasteiger partial charge in [-0.05, 0) is 6.42 Å². The monoisotopic (exact) mass is 173 g/mol. The van der Waals surface area contributed by atoms with Gasteiger partial charge in [0.2, 0.25) is 0 Å². The Morgan fingerprint density at radius 1 is 1.67 bits per heavy atom. The van der Waals surface area contributed by atoms with Crippen molar-refractivity contribution < 1.29 is 9.53 Å². The highest BCUT2D eigenvalue weighted by atomic mass is 16.5. The summed E-state index contributed by atoms with van der Waals surface area (Å²) in [6, 6.07) is 0. The number of hydrogen-bond acceptors (Lipinski definition) is 3. The number of hydrogen-bond donors (Lipinski definition) is 3. The third-order valence-corrected chi connectivity index (χ3v) is 1.18. The summed E-state index contributed by atoms with van der Waals surface area (Å²) in [4.78, 5) is 10.8. The van der Waals surface area contributed by atoms with E-state index in [4.69, 9.17) is 15.9 Å². The lowest BCUT2D eigenvalue weighted by Gasteiger charge is -2.04. The molecular formula is C7H15N3O2. The Labute approximate surface area is 71.8 Å². The van der Waals surface area contributed by atoms with E-state index in [0.717, 1.165) is 12.8 Å². The number of rotatable bonds is 5. The second-order valence-corrected chi connectivity index (χ2v) is 2.34. The standard InChI is InChI=1S/C7H15N3O2/c1-2-3-4-12-6(11)5-10-7(8)9/h2-5H2,1H3,(H4,8,9,10). The summed E-state index contributed by atoms with van der Waals surface area (Å²) >= 11 is 0. The van der Waals surface area contributed by atoms with Crippen molar-refractivity contribution in [2.75, 3.05) is 13.2 Å². The fraction of sp³-hybridized carbons (Fsp3) is 0.714. The maximum atomic E-state index is 10.8. The number of nitrogens with two attached hydrogens (primary N) is 1. The van der Waals surface area contributed by atoms with Crippen LogP contribution in [0.15, 0.2) is 0 Å². The number of ether oxygens (including phenoxy) is 1. The van der Waals surface area contributed by atoms with Crippen LogP contribution >= 0.6 is 0 Å². The van der Waals surface area contributed by atoms with Gasteiger partial charge in [0.1, 0.15) is 6.54 Å². The molecule has 0 amide bonds. The first-order valence-corrected chi connectivity index (χ1v) is 3.90. The molecule has 5 nitrogen and oxygen atoms in total. The van der Waals surface area contributed by atoms with Crippen molar-refractivity contribution in [2.24, 2.45) is 5.73 Å². The Bertz CT molecular complexity index is 159. The molecule has 0 aliphatic carbocycles. The van der Waals surface area contributed by atoms with Gasteiger partial charge in [-0.25, -0.2) is 0 Å². The number of guanidine groups is 1. The smallest absolute Gasteiger partial charge is 0.325 e. The van der Waals surface area contributed by atoms with Crippen LogP contribution in [0.2, 0.25) is 0 Å². The molecule has 0 unspecified atom stereocenters. The SMILES string of the molecule is CCCCOC(=O)CNC(=N)N. The maximum absolute atomic E-state index is 10.8. The zero-order valence-corrected chi connectivity index (χ0v) is 7.22. The second-order valence-electron chi connectivity index (χ2n) is 2.34. The molecule has 0 bridgehead atoms. The Balaban J connectivity index is 3.28. The first kappa shape index (κ1) is 10.7. The molecule has 0 saturated carbocycles. The minimum Gasteiger partial charge on any atom is -0.464 e. The minimum atomic E-state index is -0.376. The van der Waals surface area contributed by atoms with E-state index in [9.17, 15) is 4.79 Å². The lowest BCUT2D eigenvalue weighted by Crippen LogP contribution is -2.35. The quantitative estimate of drug-likeness (QED) is 0.233. The van der Waals surface area contributed by atoms with Crippen LogP contribution in [0, 0.1) is 5.41 Å². The fourth-order valence-corrected chi connectivity index (χ4v) is 0.549. The van der Waals surface area contributed by atoms with E-state index < -0.39 is 0 Å². The van der Waals surface area contributed by atoms with Gasteiger partial charge in [-0.3, -0.25) is 10.2 Å². The molecular weight excluding hydrogens is 158 g/mol. The van der Waals surface area contributed by atoms with Crippen molar-refractivity contribution in [3.05, 3.63) is 0 Å². The van der Waals surface area contributed by atoms with Crippen molar-refractivity contribution in [1.82, 2.24) is 5.32 Å². The van der Waals surface area contributed by atoms with Gasteiger partial charge < -0.3 is 15.8 Å². The first-order valence-electron chi connectivity index (χ1n) is 3.90. The van der Waals surface area contributed by atoms with Crippen LogP contribution in [-0.4, -0.2) is 25.1 Å². The van der Waals surface area contributed by atoms with E-state index in [0.29, 0.717) is 6.61 Å². The van der Waals surface area contributed by atoms with Gasteiger partial charge in [0, 0.05) is 0 Å². The Morgan fingerprint density at radius 2 is 2.33 bits per heavy atom. The summed E-state index contributed by atoms with van der Waals surface area (Å²) in [6.07, 6.45) is 1.86. The molecule has 70 valence electrons. The zero-order chi connectivity index (χ0) is 9.40. The molecule has 0 aliphatic heterocycles. The van der Waals surface area contributed by atoms with Gasteiger partial charge in [0.25, 0.3) is 0 Å². The third kappa shape index (κ3) is 6.85. The van der Waals surface area contributed by atoms with Gasteiger partial charge in [-0.2, -0.15) is 0 Å². The summed E-state index contributed by atoms with van der Waals surface area (Å²) in [5.41, 5.74) is 4.96. The molecule has 0 fully saturated rings. The Hall–Kier alpha value is -1.26. The van der Waals surface area contributed by atoms with Gasteiger partial charge in [-0.1, -0.05) is 13.3 Å². The average Bonchev–Trinajstić information content (AvgIpc) is 2.01. The normalized spacial score (nSPS) is 9.08. The summed E-state index contributed by atoms with van der Waals surface area (Å²) in [7, 11) is 0. The van der Waals surface area contributed by atoms with Crippen LogP contribution in [0.3, 0.4) is 0 Å². The fourth-order valence-electron chi connectivity index (χ4n) is 0.549. The summed E-state index contributed by atoms with van der Waals surface area (Å²) in [6.45, 7) is 2.43. The molecule has 0 atom stereocenters. The van der Waals surface area contributed by atoms with E-state index in [-0.39, 0.29) is 18.5 Å². The number of carbonyl (C=O) groups excluding carboxylic acids is 1. The highest BCUT2D eigenvalue weighted by Gasteiger charge is 2.00. The van der Waals surface area contributed by atoms with E-state index in [1.165, 1.54) is 0 Å². The highest BCUT2D eigenvalue weighted by molar-refractivity contribution is 5.80. The van der Waals surface area contributed by atoms with E-state index in [2.05, 4.69) is 5.32 Å². The topological polar surface area (TPSA) is 88.2 Å². The van der Waals surface area contributed by atoms with Crippen LogP contribution in [0.4, 0.5) is 0 Å². The molecule has 0 aromatic carbocycles. The molecule has 0 aromatic rings. The van der Waals surface area contributed by atoms with Gasteiger partial charge in [-0.15, -0.1) is 0 Å². The Kier molecular flexibility index (Phi) is 5.77. The molecule has 12 heavy (non-hydrogen) atoms. The van der Waals surface area contributed by atoms with E-state index >= 15 is 0 Å². The molecule has 0 aliphatic rings. The van der Waals surface area contributed by atoms with Gasteiger partial charge >= 0.3 is 5.97 Å². The Morgan fingerprint density at radius 3 is 2.83 bits per heavy atom. The molecule has 0 heterocycles. The third-order valence-electron chi connectivity index (χ3n) is 1.18. The van der Waals surface area contributed by atoms with E-state index in [1.54, 1.807) is 0 Å². The predicted molar refractivity (Wildman–Crippen MR) is 45.8 cm³/mol. The number of unbranched alkanes of at least 4 members (excludes halogenated alkanes) is 1. The number of carbonyl (C=O) groups is 1. The van der Waals surface area contributed by atoms with Crippen LogP contribution in [0.25, 0.3) is 0 Å². The van der Waals surface area contributed by atoms with Crippen molar-refractivity contribution >= 4 is 11.9 Å². The molecule has 4 N–H and O–H groups in total. The molecule has 0 saturated heterocycles. The molecule has 0 spiro atoms. The molecule has 5 heteroatoms. The number of nitrogens with one attached hydrogen (secondary N) is 2. The molecule has 0 radical (unpaired) electrons. The van der Waals surface area contributed by atoms with Crippen LogP contribution in [-0.2, 0) is 9.53 Å². The van der Waals surface area contributed by atoms with E-state index in [1.807, 2.05) is 6.92 Å². The lowest BCUT2D eigenvalue weighted by atomic mass is 10.4.